The molecule has 0 radical (unpaired) electrons. The zero-order chi connectivity index (χ0) is 15.9. The number of hydrogen-bond donors (Lipinski definition) is 1. The summed E-state index contributed by atoms with van der Waals surface area (Å²) < 4.78 is 10.9. The summed E-state index contributed by atoms with van der Waals surface area (Å²) in [5, 5.41) is 9.95. The minimum Gasteiger partial charge on any atom is -0.507 e. The summed E-state index contributed by atoms with van der Waals surface area (Å²) in [5.41, 5.74) is 1.44. The maximum atomic E-state index is 9.95. The third kappa shape index (κ3) is 4.52. The van der Waals surface area contributed by atoms with E-state index in [4.69, 9.17) is 9.47 Å². The average molecular weight is 299 g/mol. The van der Waals surface area contributed by atoms with Gasteiger partial charge in [-0.05, 0) is 57.2 Å². The molecule has 116 valence electrons. The van der Waals surface area contributed by atoms with Gasteiger partial charge < -0.3 is 14.6 Å². The van der Waals surface area contributed by atoms with Crippen LogP contribution in [0.2, 0.25) is 0 Å². The van der Waals surface area contributed by atoms with Crippen molar-refractivity contribution in [3.63, 3.8) is 0 Å². The second kappa shape index (κ2) is 7.50. The van der Waals surface area contributed by atoms with Crippen molar-refractivity contribution in [1.29, 1.82) is 0 Å². The monoisotopic (exact) mass is 299 g/mol. The van der Waals surface area contributed by atoms with E-state index in [-0.39, 0.29) is 11.9 Å². The number of ether oxygens (including phenoxy) is 2. The zero-order valence-corrected chi connectivity index (χ0v) is 13.1. The van der Waals surface area contributed by atoms with Gasteiger partial charge in [-0.25, -0.2) is 0 Å². The number of nitrogens with zero attached hydrogens (tertiary/aromatic N) is 1. The number of rotatable bonds is 6. The fourth-order valence-corrected chi connectivity index (χ4v) is 1.92. The summed E-state index contributed by atoms with van der Waals surface area (Å²) in [6.07, 6.45) is 1.78. The van der Waals surface area contributed by atoms with Crippen molar-refractivity contribution in [2.45, 2.75) is 26.9 Å². The lowest BCUT2D eigenvalue weighted by Gasteiger charge is -2.09. The van der Waals surface area contributed by atoms with Crippen LogP contribution in [0, 0.1) is 0 Å². The Kier molecular flexibility index (Phi) is 5.42. The molecule has 0 saturated carbocycles. The van der Waals surface area contributed by atoms with E-state index in [0.717, 1.165) is 11.4 Å². The molecule has 0 aliphatic carbocycles. The van der Waals surface area contributed by atoms with Crippen molar-refractivity contribution in [1.82, 2.24) is 0 Å². The summed E-state index contributed by atoms with van der Waals surface area (Å²) in [6, 6.07) is 12.7. The van der Waals surface area contributed by atoms with Gasteiger partial charge in [-0.15, -0.1) is 0 Å². The van der Waals surface area contributed by atoms with Gasteiger partial charge >= 0.3 is 0 Å². The smallest absolute Gasteiger partial charge is 0.128 e. The molecule has 0 aromatic heterocycles. The van der Waals surface area contributed by atoms with Crippen LogP contribution in [0.1, 0.15) is 26.3 Å². The van der Waals surface area contributed by atoms with E-state index in [2.05, 4.69) is 4.99 Å². The van der Waals surface area contributed by atoms with Crippen LogP contribution in [0.4, 0.5) is 5.69 Å². The van der Waals surface area contributed by atoms with E-state index < -0.39 is 0 Å². The van der Waals surface area contributed by atoms with E-state index in [9.17, 15) is 5.11 Å². The molecule has 0 heterocycles. The average Bonchev–Trinajstić information content (AvgIpc) is 2.48. The molecule has 2 aromatic carbocycles. The van der Waals surface area contributed by atoms with E-state index in [1.807, 2.05) is 51.1 Å². The van der Waals surface area contributed by atoms with Crippen LogP contribution >= 0.6 is 0 Å². The zero-order valence-electron chi connectivity index (χ0n) is 13.1. The second-order valence-corrected chi connectivity index (χ2v) is 5.07. The number of aromatic hydroxyl groups is 1. The van der Waals surface area contributed by atoms with Crippen molar-refractivity contribution < 1.29 is 14.6 Å². The standard InChI is InChI=1S/C18H21NO3/c1-4-21-17-8-5-14(18(20)11-17)12-19-15-6-9-16(10-7-15)22-13(2)3/h5-13,20H,4H2,1-3H3. The van der Waals surface area contributed by atoms with Crippen molar-refractivity contribution in [3.8, 4) is 17.2 Å². The highest BCUT2D eigenvalue weighted by molar-refractivity contribution is 5.85. The molecule has 0 fully saturated rings. The Morgan fingerprint density at radius 1 is 1.09 bits per heavy atom. The highest BCUT2D eigenvalue weighted by atomic mass is 16.5. The van der Waals surface area contributed by atoms with Crippen molar-refractivity contribution in [2.24, 2.45) is 4.99 Å². The molecular weight excluding hydrogens is 278 g/mol. The van der Waals surface area contributed by atoms with Gasteiger partial charge in [-0.2, -0.15) is 0 Å². The molecule has 4 heteroatoms. The fraction of sp³-hybridized carbons (Fsp3) is 0.278. The molecule has 22 heavy (non-hydrogen) atoms. The molecule has 2 rings (SSSR count). The molecular formula is C18H21NO3. The van der Waals surface area contributed by atoms with Gasteiger partial charge in [-0.3, -0.25) is 4.99 Å². The van der Waals surface area contributed by atoms with Crippen LogP contribution in [-0.4, -0.2) is 24.0 Å². The highest BCUT2D eigenvalue weighted by Crippen LogP contribution is 2.24. The summed E-state index contributed by atoms with van der Waals surface area (Å²) in [6.45, 7) is 6.44. The number of benzene rings is 2. The third-order valence-electron chi connectivity index (χ3n) is 2.87. The number of phenols is 1. The van der Waals surface area contributed by atoms with E-state index in [0.29, 0.717) is 17.9 Å². The summed E-state index contributed by atoms with van der Waals surface area (Å²) >= 11 is 0. The van der Waals surface area contributed by atoms with Gasteiger partial charge in [0.2, 0.25) is 0 Å². The minimum atomic E-state index is 0.148. The quantitative estimate of drug-likeness (QED) is 0.808. The summed E-state index contributed by atoms with van der Waals surface area (Å²) in [5.74, 6) is 1.61. The van der Waals surface area contributed by atoms with Gasteiger partial charge in [0.05, 0.1) is 18.4 Å². The molecule has 0 saturated heterocycles. The Morgan fingerprint density at radius 2 is 1.77 bits per heavy atom. The predicted octanol–water partition coefficient (Wildman–Crippen LogP) is 4.33. The lowest BCUT2D eigenvalue weighted by molar-refractivity contribution is 0.242. The van der Waals surface area contributed by atoms with Gasteiger partial charge in [0.15, 0.2) is 0 Å². The molecule has 2 aromatic rings. The lowest BCUT2D eigenvalue weighted by Crippen LogP contribution is -2.04. The van der Waals surface area contributed by atoms with Gasteiger partial charge in [0, 0.05) is 17.8 Å². The Bertz CT molecular complexity index is 633. The molecule has 0 bridgehead atoms. The normalized spacial score (nSPS) is 11.1. The molecule has 0 aliphatic heterocycles. The van der Waals surface area contributed by atoms with E-state index in [1.165, 1.54) is 0 Å². The van der Waals surface area contributed by atoms with Crippen molar-refractivity contribution >= 4 is 11.9 Å². The van der Waals surface area contributed by atoms with Crippen LogP contribution < -0.4 is 9.47 Å². The first-order valence-corrected chi connectivity index (χ1v) is 7.35. The maximum Gasteiger partial charge on any atom is 0.128 e. The van der Waals surface area contributed by atoms with E-state index in [1.54, 1.807) is 18.3 Å². The number of aliphatic imine (C=N–C) groups is 1. The molecule has 4 nitrogen and oxygen atoms in total. The summed E-state index contributed by atoms with van der Waals surface area (Å²) in [7, 11) is 0. The fourth-order valence-electron chi connectivity index (χ4n) is 1.92. The molecule has 0 spiro atoms. The Balaban J connectivity index is 2.08. The van der Waals surface area contributed by atoms with Crippen LogP contribution in [0.5, 0.6) is 17.2 Å². The van der Waals surface area contributed by atoms with Crippen LogP contribution in [0.3, 0.4) is 0 Å². The van der Waals surface area contributed by atoms with E-state index >= 15 is 0 Å². The number of hydrogen-bond acceptors (Lipinski definition) is 4. The minimum absolute atomic E-state index is 0.148. The van der Waals surface area contributed by atoms with Crippen LogP contribution in [-0.2, 0) is 0 Å². The first kappa shape index (κ1) is 15.9. The third-order valence-corrected chi connectivity index (χ3v) is 2.87. The highest BCUT2D eigenvalue weighted by Gasteiger charge is 2.01. The second-order valence-electron chi connectivity index (χ2n) is 5.07. The molecule has 1 N–H and O–H groups in total. The molecule has 0 atom stereocenters. The lowest BCUT2D eigenvalue weighted by atomic mass is 10.2. The molecule has 0 unspecified atom stereocenters. The Morgan fingerprint density at radius 3 is 2.36 bits per heavy atom. The predicted molar refractivity (Wildman–Crippen MR) is 88.7 cm³/mol. The summed E-state index contributed by atoms with van der Waals surface area (Å²) in [4.78, 5) is 4.35. The SMILES string of the molecule is CCOc1ccc(C=Nc2ccc(OC(C)C)cc2)c(O)c1. The topological polar surface area (TPSA) is 51.0 Å². The largest absolute Gasteiger partial charge is 0.507 e. The first-order valence-electron chi connectivity index (χ1n) is 7.35. The van der Waals surface area contributed by atoms with Gasteiger partial charge in [0.25, 0.3) is 0 Å². The van der Waals surface area contributed by atoms with Crippen molar-refractivity contribution in [3.05, 3.63) is 48.0 Å². The first-order chi connectivity index (χ1) is 10.6. The Labute approximate surface area is 131 Å². The van der Waals surface area contributed by atoms with Crippen molar-refractivity contribution in [2.75, 3.05) is 6.61 Å². The Hall–Kier alpha value is -2.49. The van der Waals surface area contributed by atoms with Crippen LogP contribution in [0.15, 0.2) is 47.5 Å². The molecule has 0 aliphatic rings. The van der Waals surface area contributed by atoms with Crippen LogP contribution in [0.25, 0.3) is 0 Å². The maximum absolute atomic E-state index is 9.95. The van der Waals surface area contributed by atoms with Gasteiger partial charge in [0.1, 0.15) is 17.2 Å². The van der Waals surface area contributed by atoms with Gasteiger partial charge in [-0.1, -0.05) is 0 Å². The molecule has 0 amide bonds. The number of phenolic OH excluding ortho intramolecular Hbond substituents is 1.